The van der Waals surface area contributed by atoms with Crippen molar-refractivity contribution in [2.24, 2.45) is 5.41 Å². The first-order valence-electron chi connectivity index (χ1n) is 7.88. The van der Waals surface area contributed by atoms with Crippen molar-refractivity contribution in [3.05, 3.63) is 0 Å². The molecule has 0 radical (unpaired) electrons. The maximum Gasteiger partial charge on any atom is 0.323 e. The minimum atomic E-state index is 0.259. The van der Waals surface area contributed by atoms with E-state index in [2.05, 4.69) is 46.4 Å². The van der Waals surface area contributed by atoms with Crippen LogP contribution in [0.3, 0.4) is 0 Å². The fourth-order valence-electron chi connectivity index (χ4n) is 2.71. The topological polar surface area (TPSA) is 72.0 Å². The Bertz CT molecular complexity index is 463. The average molecular weight is 293 g/mol. The van der Waals surface area contributed by atoms with Gasteiger partial charge in [-0.05, 0) is 24.7 Å². The van der Waals surface area contributed by atoms with Crippen LogP contribution in [0.4, 0.5) is 11.9 Å². The molecule has 0 amide bonds. The van der Waals surface area contributed by atoms with Crippen LogP contribution < -0.4 is 15.4 Å². The molecule has 1 saturated carbocycles. The highest BCUT2D eigenvalue weighted by atomic mass is 16.5. The monoisotopic (exact) mass is 293 g/mol. The molecule has 1 aliphatic rings. The highest BCUT2D eigenvalue weighted by Crippen LogP contribution is 2.36. The Balaban J connectivity index is 2.14. The first-order chi connectivity index (χ1) is 10.0. The van der Waals surface area contributed by atoms with Gasteiger partial charge >= 0.3 is 6.01 Å². The molecular weight excluding hydrogens is 266 g/mol. The van der Waals surface area contributed by atoms with Crippen molar-refractivity contribution < 1.29 is 4.74 Å². The molecule has 1 aliphatic carbocycles. The molecule has 6 heteroatoms. The Morgan fingerprint density at radius 2 is 1.95 bits per heavy atom. The summed E-state index contributed by atoms with van der Waals surface area (Å²) in [6.45, 7) is 7.28. The smallest absolute Gasteiger partial charge is 0.323 e. The van der Waals surface area contributed by atoms with Crippen LogP contribution in [0.5, 0.6) is 6.01 Å². The second-order valence-electron chi connectivity index (χ2n) is 6.29. The molecule has 1 aromatic heterocycles. The van der Waals surface area contributed by atoms with Gasteiger partial charge in [-0.15, -0.1) is 0 Å². The van der Waals surface area contributed by atoms with Crippen LogP contribution in [0.25, 0.3) is 0 Å². The molecule has 0 spiro atoms. The van der Waals surface area contributed by atoms with Crippen molar-refractivity contribution >= 4 is 11.9 Å². The molecule has 0 saturated heterocycles. The van der Waals surface area contributed by atoms with E-state index in [-0.39, 0.29) is 5.41 Å². The lowest BCUT2D eigenvalue weighted by atomic mass is 9.73. The van der Waals surface area contributed by atoms with E-state index in [9.17, 15) is 0 Å². The lowest BCUT2D eigenvalue weighted by Crippen LogP contribution is -2.39. The molecule has 1 fully saturated rings. The van der Waals surface area contributed by atoms with E-state index in [0.717, 1.165) is 12.8 Å². The summed E-state index contributed by atoms with van der Waals surface area (Å²) in [5.41, 5.74) is 0.259. The second kappa shape index (κ2) is 6.91. The van der Waals surface area contributed by atoms with Crippen molar-refractivity contribution in [3.63, 3.8) is 0 Å². The molecule has 1 unspecified atom stereocenters. The SMILES string of the molecule is CCCOc1nc(NC)nc(NC2CCCCC2(C)C)n1. The minimum absolute atomic E-state index is 0.259. The molecule has 0 bridgehead atoms. The zero-order valence-corrected chi connectivity index (χ0v) is 13.6. The Morgan fingerprint density at radius 3 is 2.62 bits per heavy atom. The molecule has 21 heavy (non-hydrogen) atoms. The Hall–Kier alpha value is -1.59. The standard InChI is InChI=1S/C15H27N5O/c1-5-10-21-14-19-12(16-4)18-13(20-14)17-11-8-6-7-9-15(11,2)3/h11H,5-10H2,1-4H3,(H2,16,17,18,19,20). The van der Waals surface area contributed by atoms with Gasteiger partial charge in [-0.25, -0.2) is 0 Å². The highest BCUT2D eigenvalue weighted by Gasteiger charge is 2.32. The van der Waals surface area contributed by atoms with Crippen molar-refractivity contribution in [1.29, 1.82) is 0 Å². The summed E-state index contributed by atoms with van der Waals surface area (Å²) < 4.78 is 5.54. The van der Waals surface area contributed by atoms with Crippen molar-refractivity contribution in [2.75, 3.05) is 24.3 Å². The van der Waals surface area contributed by atoms with Gasteiger partial charge in [-0.2, -0.15) is 15.0 Å². The third-order valence-corrected chi connectivity index (χ3v) is 4.08. The summed E-state index contributed by atoms with van der Waals surface area (Å²) in [5.74, 6) is 1.13. The number of hydrogen-bond acceptors (Lipinski definition) is 6. The third kappa shape index (κ3) is 4.19. The Morgan fingerprint density at radius 1 is 1.19 bits per heavy atom. The quantitative estimate of drug-likeness (QED) is 0.840. The summed E-state index contributed by atoms with van der Waals surface area (Å²) in [5, 5.41) is 6.44. The van der Waals surface area contributed by atoms with Gasteiger partial charge in [0.05, 0.1) is 6.61 Å². The molecule has 0 aliphatic heterocycles. The predicted octanol–water partition coefficient (Wildman–Crippen LogP) is 3.08. The minimum Gasteiger partial charge on any atom is -0.463 e. The predicted molar refractivity (Wildman–Crippen MR) is 84.8 cm³/mol. The molecular formula is C15H27N5O. The summed E-state index contributed by atoms with van der Waals surface area (Å²) >= 11 is 0. The van der Waals surface area contributed by atoms with E-state index in [1.165, 1.54) is 19.3 Å². The molecule has 0 aromatic carbocycles. The molecule has 2 rings (SSSR count). The maximum atomic E-state index is 5.54. The second-order valence-corrected chi connectivity index (χ2v) is 6.29. The molecule has 118 valence electrons. The number of rotatable bonds is 6. The zero-order valence-electron chi connectivity index (χ0n) is 13.6. The van der Waals surface area contributed by atoms with Crippen LogP contribution in [0, 0.1) is 5.41 Å². The van der Waals surface area contributed by atoms with E-state index in [4.69, 9.17) is 4.74 Å². The zero-order chi connectivity index (χ0) is 15.3. The van der Waals surface area contributed by atoms with Gasteiger partial charge in [-0.1, -0.05) is 33.6 Å². The van der Waals surface area contributed by atoms with E-state index >= 15 is 0 Å². The lowest BCUT2D eigenvalue weighted by molar-refractivity contribution is 0.216. The van der Waals surface area contributed by atoms with Crippen molar-refractivity contribution in [1.82, 2.24) is 15.0 Å². The Kier molecular flexibility index (Phi) is 5.20. The maximum absolute atomic E-state index is 5.54. The van der Waals surface area contributed by atoms with Gasteiger partial charge in [0.1, 0.15) is 0 Å². The fraction of sp³-hybridized carbons (Fsp3) is 0.800. The number of hydrogen-bond donors (Lipinski definition) is 2. The number of nitrogens with zero attached hydrogens (tertiary/aromatic N) is 3. The summed E-state index contributed by atoms with van der Waals surface area (Å²) in [6, 6.07) is 0.768. The number of aromatic nitrogens is 3. The number of nitrogens with one attached hydrogen (secondary N) is 2. The number of ether oxygens (including phenoxy) is 1. The van der Waals surface area contributed by atoms with Crippen LogP contribution in [-0.4, -0.2) is 34.6 Å². The lowest BCUT2D eigenvalue weighted by Gasteiger charge is -2.39. The van der Waals surface area contributed by atoms with Crippen molar-refractivity contribution in [3.8, 4) is 6.01 Å². The van der Waals surface area contributed by atoms with Crippen LogP contribution in [-0.2, 0) is 0 Å². The molecule has 2 N–H and O–H groups in total. The van der Waals surface area contributed by atoms with E-state index in [1.54, 1.807) is 7.05 Å². The summed E-state index contributed by atoms with van der Waals surface area (Å²) in [4.78, 5) is 13.0. The first kappa shape index (κ1) is 15.8. The summed E-state index contributed by atoms with van der Waals surface area (Å²) in [7, 11) is 1.80. The van der Waals surface area contributed by atoms with Gasteiger partial charge in [0.25, 0.3) is 0 Å². The molecule has 1 heterocycles. The third-order valence-electron chi connectivity index (χ3n) is 4.08. The van der Waals surface area contributed by atoms with E-state index in [0.29, 0.717) is 30.6 Å². The normalized spacial score (nSPS) is 20.9. The molecule has 1 aromatic rings. The van der Waals surface area contributed by atoms with E-state index in [1.807, 2.05) is 0 Å². The van der Waals surface area contributed by atoms with Crippen LogP contribution >= 0.6 is 0 Å². The van der Waals surface area contributed by atoms with Crippen LogP contribution in [0.15, 0.2) is 0 Å². The van der Waals surface area contributed by atoms with Gasteiger partial charge in [0.2, 0.25) is 11.9 Å². The molecule has 1 atom stereocenters. The van der Waals surface area contributed by atoms with E-state index < -0.39 is 0 Å². The molecule has 6 nitrogen and oxygen atoms in total. The first-order valence-corrected chi connectivity index (χ1v) is 7.88. The van der Waals surface area contributed by atoms with Crippen molar-refractivity contribution in [2.45, 2.75) is 58.9 Å². The van der Waals surface area contributed by atoms with Gasteiger partial charge in [-0.3, -0.25) is 0 Å². The van der Waals surface area contributed by atoms with Gasteiger partial charge in [0, 0.05) is 13.1 Å². The van der Waals surface area contributed by atoms with Gasteiger partial charge < -0.3 is 15.4 Å². The average Bonchev–Trinajstić information content (AvgIpc) is 2.47. The van der Waals surface area contributed by atoms with Gasteiger partial charge in [0.15, 0.2) is 0 Å². The highest BCUT2D eigenvalue weighted by molar-refractivity contribution is 5.36. The largest absolute Gasteiger partial charge is 0.463 e. The van der Waals surface area contributed by atoms with Crippen LogP contribution in [0.2, 0.25) is 0 Å². The summed E-state index contributed by atoms with van der Waals surface area (Å²) in [6.07, 6.45) is 5.87. The Labute approximate surface area is 127 Å². The number of anilines is 2. The van der Waals surface area contributed by atoms with Crippen LogP contribution in [0.1, 0.15) is 52.9 Å². The fourth-order valence-corrected chi connectivity index (χ4v) is 2.71.